The van der Waals surface area contributed by atoms with Gasteiger partial charge in [-0.25, -0.2) is 4.79 Å². The van der Waals surface area contributed by atoms with Crippen molar-refractivity contribution >= 4 is 35.1 Å². The van der Waals surface area contributed by atoms with Gasteiger partial charge in [0.15, 0.2) is 0 Å². The molecule has 1 aromatic rings. The van der Waals surface area contributed by atoms with Gasteiger partial charge in [0.2, 0.25) is 11.8 Å². The molecule has 1 fully saturated rings. The van der Waals surface area contributed by atoms with Crippen molar-refractivity contribution in [3.05, 3.63) is 24.3 Å². The summed E-state index contributed by atoms with van der Waals surface area (Å²) in [6.45, 7) is 2.80. The second-order valence-electron chi connectivity index (χ2n) is 6.38. The number of urea groups is 1. The zero-order valence-electron chi connectivity index (χ0n) is 13.7. The number of anilines is 2. The van der Waals surface area contributed by atoms with Crippen molar-refractivity contribution in [2.75, 3.05) is 30.4 Å². The predicted molar refractivity (Wildman–Crippen MR) is 86.4 cm³/mol. The minimum Gasteiger partial charge on any atom is -0.322 e. The molecule has 1 aromatic carbocycles. The smallest absolute Gasteiger partial charge is 0.322 e. The molecule has 1 N–H and O–H groups in total. The van der Waals surface area contributed by atoms with Gasteiger partial charge in [-0.05, 0) is 26.0 Å². The predicted octanol–water partition coefficient (Wildman–Crippen LogP) is 0.644. The van der Waals surface area contributed by atoms with Gasteiger partial charge in [-0.3, -0.25) is 24.2 Å². The minimum absolute atomic E-state index is 0.0490. The van der Waals surface area contributed by atoms with Crippen LogP contribution in [0.2, 0.25) is 0 Å². The Labute approximate surface area is 139 Å². The Bertz CT molecular complexity index is 758. The molecule has 126 valence electrons. The van der Waals surface area contributed by atoms with E-state index in [1.54, 1.807) is 38.1 Å². The molecule has 8 heteroatoms. The van der Waals surface area contributed by atoms with E-state index in [0.717, 1.165) is 4.90 Å². The third-order valence-corrected chi connectivity index (χ3v) is 4.28. The van der Waals surface area contributed by atoms with Crippen LogP contribution in [0.3, 0.4) is 0 Å². The van der Waals surface area contributed by atoms with E-state index in [-0.39, 0.29) is 12.5 Å². The molecule has 0 unspecified atom stereocenters. The zero-order valence-corrected chi connectivity index (χ0v) is 13.7. The molecule has 0 aliphatic carbocycles. The Morgan fingerprint density at radius 2 is 1.88 bits per heavy atom. The molecule has 0 saturated carbocycles. The molecule has 0 bridgehead atoms. The Balaban J connectivity index is 1.94. The quantitative estimate of drug-likeness (QED) is 0.806. The van der Waals surface area contributed by atoms with Crippen LogP contribution in [0.15, 0.2) is 24.3 Å². The number of hydrogen-bond acceptors (Lipinski definition) is 4. The fourth-order valence-electron chi connectivity index (χ4n) is 2.93. The summed E-state index contributed by atoms with van der Waals surface area (Å²) >= 11 is 0. The number of carbonyl (C=O) groups is 4. The van der Waals surface area contributed by atoms with Gasteiger partial charge in [0, 0.05) is 7.05 Å². The van der Waals surface area contributed by atoms with Crippen molar-refractivity contribution in [2.45, 2.75) is 19.4 Å². The highest BCUT2D eigenvalue weighted by Gasteiger charge is 2.45. The van der Waals surface area contributed by atoms with Crippen molar-refractivity contribution < 1.29 is 19.2 Å². The number of nitrogens with one attached hydrogen (secondary N) is 1. The minimum atomic E-state index is -1.14. The average molecular weight is 330 g/mol. The Kier molecular flexibility index (Phi) is 3.55. The summed E-state index contributed by atoms with van der Waals surface area (Å²) in [7, 11) is 1.50. The molecule has 2 aliphatic heterocycles. The van der Waals surface area contributed by atoms with Gasteiger partial charge < -0.3 is 10.2 Å². The third-order valence-electron chi connectivity index (χ3n) is 4.28. The second kappa shape index (κ2) is 5.33. The second-order valence-corrected chi connectivity index (χ2v) is 6.38. The number of carbonyl (C=O) groups excluding carboxylic acids is 4. The van der Waals surface area contributed by atoms with E-state index in [1.807, 2.05) is 0 Å². The van der Waals surface area contributed by atoms with E-state index in [1.165, 1.54) is 16.8 Å². The molecule has 1 saturated heterocycles. The summed E-state index contributed by atoms with van der Waals surface area (Å²) in [5, 5.41) is 2.76. The molecule has 0 spiro atoms. The average Bonchev–Trinajstić information content (AvgIpc) is 2.74. The molecule has 3 rings (SSSR count). The van der Waals surface area contributed by atoms with Crippen LogP contribution in [-0.2, 0) is 14.4 Å². The first-order valence-corrected chi connectivity index (χ1v) is 7.52. The van der Waals surface area contributed by atoms with Gasteiger partial charge in [-0.1, -0.05) is 12.1 Å². The van der Waals surface area contributed by atoms with Gasteiger partial charge in [0.25, 0.3) is 5.91 Å². The lowest BCUT2D eigenvalue weighted by Gasteiger charge is -2.42. The first-order chi connectivity index (χ1) is 11.2. The summed E-state index contributed by atoms with van der Waals surface area (Å²) in [5.41, 5.74) is -0.0747. The van der Waals surface area contributed by atoms with Gasteiger partial charge in [-0.2, -0.15) is 0 Å². The number of likely N-dealkylation sites (N-methyl/N-ethyl adjacent to an activating group) is 1. The van der Waals surface area contributed by atoms with Crippen molar-refractivity contribution in [3.8, 4) is 0 Å². The number of rotatable bonds is 2. The number of benzene rings is 1. The van der Waals surface area contributed by atoms with Crippen LogP contribution in [0.5, 0.6) is 0 Å². The third kappa shape index (κ3) is 2.31. The summed E-state index contributed by atoms with van der Waals surface area (Å²) in [5.74, 6) is -1.24. The van der Waals surface area contributed by atoms with E-state index in [0.29, 0.717) is 11.4 Å². The highest BCUT2D eigenvalue weighted by Crippen LogP contribution is 2.36. The zero-order chi connectivity index (χ0) is 17.6. The van der Waals surface area contributed by atoms with E-state index >= 15 is 0 Å². The molecule has 2 heterocycles. The SMILES string of the molecule is CN1CC(=O)N(CC(=O)N2c3ccccc3NC(=O)C2(C)C)C1=O. The topological polar surface area (TPSA) is 90.0 Å². The normalized spacial score (nSPS) is 19.5. The maximum Gasteiger partial charge on any atom is 0.327 e. The van der Waals surface area contributed by atoms with Gasteiger partial charge in [0.05, 0.1) is 11.4 Å². The van der Waals surface area contributed by atoms with Crippen LogP contribution in [0.4, 0.5) is 16.2 Å². The fraction of sp³-hybridized carbons (Fsp3) is 0.375. The van der Waals surface area contributed by atoms with Crippen LogP contribution in [0.1, 0.15) is 13.8 Å². The number of amides is 5. The van der Waals surface area contributed by atoms with E-state index in [2.05, 4.69) is 5.32 Å². The first kappa shape index (κ1) is 16.0. The van der Waals surface area contributed by atoms with Gasteiger partial charge in [0.1, 0.15) is 18.6 Å². The van der Waals surface area contributed by atoms with Crippen molar-refractivity contribution in [1.82, 2.24) is 9.80 Å². The summed E-state index contributed by atoms with van der Waals surface area (Å²) in [6.07, 6.45) is 0. The van der Waals surface area contributed by atoms with Crippen LogP contribution < -0.4 is 10.2 Å². The molecule has 0 atom stereocenters. The maximum atomic E-state index is 12.9. The molecule has 2 aliphatic rings. The molecule has 5 amide bonds. The van der Waals surface area contributed by atoms with Crippen molar-refractivity contribution in [3.63, 3.8) is 0 Å². The maximum absolute atomic E-state index is 12.9. The lowest BCUT2D eigenvalue weighted by atomic mass is 9.96. The number of nitrogens with zero attached hydrogens (tertiary/aromatic N) is 3. The lowest BCUT2D eigenvalue weighted by Crippen LogP contribution is -2.60. The molecule has 0 radical (unpaired) electrons. The highest BCUT2D eigenvalue weighted by molar-refractivity contribution is 6.15. The van der Waals surface area contributed by atoms with Crippen LogP contribution in [-0.4, -0.2) is 59.2 Å². The van der Waals surface area contributed by atoms with Crippen molar-refractivity contribution in [2.24, 2.45) is 0 Å². The van der Waals surface area contributed by atoms with E-state index in [9.17, 15) is 19.2 Å². The molecule has 24 heavy (non-hydrogen) atoms. The highest BCUT2D eigenvalue weighted by atomic mass is 16.2. The Morgan fingerprint density at radius 3 is 2.50 bits per heavy atom. The first-order valence-electron chi connectivity index (χ1n) is 7.52. The number of fused-ring (bicyclic) bond motifs is 1. The summed E-state index contributed by atoms with van der Waals surface area (Å²) in [6, 6.07) is 6.41. The summed E-state index contributed by atoms with van der Waals surface area (Å²) < 4.78 is 0. The molecular formula is C16H18N4O4. The van der Waals surface area contributed by atoms with Gasteiger partial charge in [-0.15, -0.1) is 0 Å². The standard InChI is InChI=1S/C16H18N4O4/c1-16(2)14(23)17-10-6-4-5-7-11(10)20(16)13(22)9-19-12(21)8-18(3)15(19)24/h4-7H,8-9H2,1-3H3,(H,17,23). The number of hydrogen-bond donors (Lipinski definition) is 1. The fourth-order valence-corrected chi connectivity index (χ4v) is 2.93. The summed E-state index contributed by atoms with van der Waals surface area (Å²) in [4.78, 5) is 52.6. The van der Waals surface area contributed by atoms with E-state index < -0.39 is 29.9 Å². The van der Waals surface area contributed by atoms with Crippen LogP contribution in [0.25, 0.3) is 0 Å². The molecular weight excluding hydrogens is 312 g/mol. The Hall–Kier alpha value is -2.90. The lowest BCUT2D eigenvalue weighted by molar-refractivity contribution is -0.131. The van der Waals surface area contributed by atoms with Gasteiger partial charge >= 0.3 is 6.03 Å². The number of para-hydroxylation sites is 2. The molecule has 0 aromatic heterocycles. The van der Waals surface area contributed by atoms with Crippen LogP contribution in [0, 0.1) is 0 Å². The molecule has 8 nitrogen and oxygen atoms in total. The largest absolute Gasteiger partial charge is 0.327 e. The van der Waals surface area contributed by atoms with Crippen molar-refractivity contribution in [1.29, 1.82) is 0 Å². The van der Waals surface area contributed by atoms with E-state index in [4.69, 9.17) is 0 Å². The Morgan fingerprint density at radius 1 is 1.21 bits per heavy atom. The monoisotopic (exact) mass is 330 g/mol. The number of imide groups is 1. The van der Waals surface area contributed by atoms with Crippen LogP contribution >= 0.6 is 0 Å².